The zero-order chi connectivity index (χ0) is 28.0. The third kappa shape index (κ3) is 4.75. The Labute approximate surface area is 234 Å². The van der Waals surface area contributed by atoms with Crippen molar-refractivity contribution in [3.05, 3.63) is 89.0 Å². The largest absolute Gasteiger partial charge is 0.369 e. The highest BCUT2D eigenvalue weighted by molar-refractivity contribution is 5.99. The highest BCUT2D eigenvalue weighted by Crippen LogP contribution is 2.36. The Balaban J connectivity index is 1.41. The smallest absolute Gasteiger partial charge is 0.248 e. The van der Waals surface area contributed by atoms with Crippen molar-refractivity contribution in [3.8, 4) is 22.3 Å². The molecule has 5 aromatic rings. The van der Waals surface area contributed by atoms with Crippen molar-refractivity contribution in [1.29, 1.82) is 0 Å². The Kier molecular flexibility index (Phi) is 6.64. The number of rotatable bonds is 6. The zero-order valence-corrected chi connectivity index (χ0v) is 23.5. The summed E-state index contributed by atoms with van der Waals surface area (Å²) in [6.45, 7) is 8.14. The minimum absolute atomic E-state index is 0.405. The molecule has 0 unspecified atom stereocenters. The summed E-state index contributed by atoms with van der Waals surface area (Å²) in [5.74, 6) is -0.405. The lowest BCUT2D eigenvalue weighted by atomic mass is 9.92. The summed E-state index contributed by atoms with van der Waals surface area (Å²) in [5.41, 5.74) is 17.0. The van der Waals surface area contributed by atoms with Gasteiger partial charge in [0.15, 0.2) is 0 Å². The quantitative estimate of drug-likeness (QED) is 0.330. The van der Waals surface area contributed by atoms with Gasteiger partial charge in [0, 0.05) is 86.0 Å². The van der Waals surface area contributed by atoms with Crippen LogP contribution in [0.1, 0.15) is 32.6 Å². The summed E-state index contributed by atoms with van der Waals surface area (Å²) >= 11 is 0. The van der Waals surface area contributed by atoms with Crippen LogP contribution in [0.2, 0.25) is 0 Å². The van der Waals surface area contributed by atoms with Gasteiger partial charge in [-0.15, -0.1) is 0 Å². The van der Waals surface area contributed by atoms with Gasteiger partial charge in [0.25, 0.3) is 0 Å². The normalized spacial score (nSPS) is 14.2. The number of pyridine rings is 1. The van der Waals surface area contributed by atoms with Crippen molar-refractivity contribution in [3.63, 3.8) is 0 Å². The lowest BCUT2D eigenvalue weighted by Crippen LogP contribution is -2.44. The number of likely N-dealkylation sites (N-methyl/N-ethyl adjacent to an activating group) is 1. The second kappa shape index (κ2) is 10.3. The summed E-state index contributed by atoms with van der Waals surface area (Å²) in [7, 11) is 4.14. The molecule has 0 bridgehead atoms. The molecular weight excluding hydrogens is 498 g/mol. The van der Waals surface area contributed by atoms with Gasteiger partial charge < -0.3 is 20.5 Å². The second-order valence-electron chi connectivity index (χ2n) is 10.9. The SMILES string of the molecule is Cc1c(C(N)=O)ccc(-c2c[nH]c3ncc(-c4ccc(N5CCN(C)CC5)c(Cc5cnn(C)c5)c4)cc23)c1C. The molecule has 0 atom stereocenters. The molecule has 4 heterocycles. The predicted octanol–water partition coefficient (Wildman–Crippen LogP) is 4.69. The minimum Gasteiger partial charge on any atom is -0.369 e. The van der Waals surface area contributed by atoms with E-state index in [2.05, 4.69) is 57.4 Å². The molecule has 6 rings (SSSR count). The number of anilines is 1. The van der Waals surface area contributed by atoms with E-state index in [-0.39, 0.29) is 0 Å². The van der Waals surface area contributed by atoms with E-state index in [1.54, 1.807) is 0 Å². The molecule has 40 heavy (non-hydrogen) atoms. The van der Waals surface area contributed by atoms with Gasteiger partial charge in [0.1, 0.15) is 5.65 Å². The number of H-pyrrole nitrogens is 1. The van der Waals surface area contributed by atoms with Crippen LogP contribution in [0.15, 0.2) is 61.2 Å². The average Bonchev–Trinajstić information content (AvgIpc) is 3.55. The summed E-state index contributed by atoms with van der Waals surface area (Å²) in [4.78, 5) is 24.9. The Morgan fingerprint density at radius 1 is 0.950 bits per heavy atom. The van der Waals surface area contributed by atoms with Crippen LogP contribution in [-0.2, 0) is 13.5 Å². The average molecular weight is 534 g/mol. The van der Waals surface area contributed by atoms with Crippen molar-refractivity contribution in [2.45, 2.75) is 20.3 Å². The number of piperazine rings is 1. The molecular formula is C32H35N7O. The number of hydrogen-bond donors (Lipinski definition) is 2. The highest BCUT2D eigenvalue weighted by Gasteiger charge is 2.19. The maximum atomic E-state index is 11.9. The maximum absolute atomic E-state index is 11.9. The molecule has 1 aliphatic heterocycles. The van der Waals surface area contributed by atoms with Gasteiger partial charge >= 0.3 is 0 Å². The predicted molar refractivity (Wildman–Crippen MR) is 161 cm³/mol. The molecule has 1 amide bonds. The second-order valence-corrected chi connectivity index (χ2v) is 10.9. The van der Waals surface area contributed by atoms with Gasteiger partial charge in [-0.25, -0.2) is 4.98 Å². The number of carbonyl (C=O) groups is 1. The van der Waals surface area contributed by atoms with Gasteiger partial charge in [-0.05, 0) is 78.5 Å². The number of primary amides is 1. The molecule has 2 aromatic carbocycles. The van der Waals surface area contributed by atoms with Crippen LogP contribution < -0.4 is 10.6 Å². The third-order valence-corrected chi connectivity index (χ3v) is 8.28. The van der Waals surface area contributed by atoms with E-state index in [0.717, 1.165) is 77.0 Å². The van der Waals surface area contributed by atoms with E-state index in [1.807, 2.05) is 56.3 Å². The van der Waals surface area contributed by atoms with E-state index in [4.69, 9.17) is 10.7 Å². The number of aromatic nitrogens is 4. The number of nitrogens with one attached hydrogen (secondary N) is 1. The molecule has 3 N–H and O–H groups in total. The van der Waals surface area contributed by atoms with E-state index >= 15 is 0 Å². The molecule has 0 radical (unpaired) electrons. The lowest BCUT2D eigenvalue weighted by molar-refractivity contribution is 0.0999. The Hall–Kier alpha value is -4.43. The Morgan fingerprint density at radius 3 is 2.48 bits per heavy atom. The van der Waals surface area contributed by atoms with E-state index < -0.39 is 5.91 Å². The number of aryl methyl sites for hydroxylation is 1. The first-order valence-corrected chi connectivity index (χ1v) is 13.7. The summed E-state index contributed by atoms with van der Waals surface area (Å²) < 4.78 is 1.86. The van der Waals surface area contributed by atoms with Gasteiger partial charge in [0.05, 0.1) is 6.20 Å². The molecule has 1 fully saturated rings. The first-order valence-electron chi connectivity index (χ1n) is 13.7. The molecule has 3 aromatic heterocycles. The van der Waals surface area contributed by atoms with E-state index in [9.17, 15) is 4.79 Å². The van der Waals surface area contributed by atoms with Crippen LogP contribution in [0, 0.1) is 13.8 Å². The van der Waals surface area contributed by atoms with Crippen molar-refractivity contribution in [2.75, 3.05) is 38.1 Å². The number of carbonyl (C=O) groups excluding carboxylic acids is 1. The molecule has 204 valence electrons. The third-order valence-electron chi connectivity index (χ3n) is 8.28. The summed E-state index contributed by atoms with van der Waals surface area (Å²) in [6, 6.07) is 12.8. The van der Waals surface area contributed by atoms with Crippen LogP contribution in [0.3, 0.4) is 0 Å². The lowest BCUT2D eigenvalue weighted by Gasteiger charge is -2.35. The van der Waals surface area contributed by atoms with Gasteiger partial charge in [0.2, 0.25) is 5.91 Å². The van der Waals surface area contributed by atoms with Crippen molar-refractivity contribution >= 4 is 22.6 Å². The zero-order valence-electron chi connectivity index (χ0n) is 23.5. The van der Waals surface area contributed by atoms with Crippen molar-refractivity contribution in [1.82, 2.24) is 24.6 Å². The van der Waals surface area contributed by atoms with Crippen LogP contribution in [0.25, 0.3) is 33.3 Å². The molecule has 1 aliphatic rings. The molecule has 0 spiro atoms. The van der Waals surface area contributed by atoms with E-state index in [1.165, 1.54) is 16.8 Å². The number of hydrogen-bond acceptors (Lipinski definition) is 5. The van der Waals surface area contributed by atoms with Crippen LogP contribution >= 0.6 is 0 Å². The summed E-state index contributed by atoms with van der Waals surface area (Å²) in [6.07, 6.45) is 8.80. The number of amides is 1. The molecule has 0 saturated carbocycles. The molecule has 8 nitrogen and oxygen atoms in total. The molecule has 1 saturated heterocycles. The fourth-order valence-electron chi connectivity index (χ4n) is 5.81. The minimum atomic E-state index is -0.405. The number of fused-ring (bicyclic) bond motifs is 1. The molecule has 0 aliphatic carbocycles. The first kappa shape index (κ1) is 25.8. The highest BCUT2D eigenvalue weighted by atomic mass is 16.1. The van der Waals surface area contributed by atoms with Gasteiger partial charge in [-0.2, -0.15) is 5.10 Å². The Morgan fingerprint density at radius 2 is 1.75 bits per heavy atom. The number of nitrogens with two attached hydrogens (primary N) is 1. The number of aromatic amines is 1. The fraction of sp³-hybridized carbons (Fsp3) is 0.281. The summed E-state index contributed by atoms with van der Waals surface area (Å²) in [5, 5.41) is 5.44. The van der Waals surface area contributed by atoms with Crippen LogP contribution in [0.4, 0.5) is 5.69 Å². The monoisotopic (exact) mass is 533 g/mol. The van der Waals surface area contributed by atoms with Crippen LogP contribution in [-0.4, -0.2) is 63.8 Å². The maximum Gasteiger partial charge on any atom is 0.248 e. The van der Waals surface area contributed by atoms with Crippen LogP contribution in [0.5, 0.6) is 0 Å². The van der Waals surface area contributed by atoms with Gasteiger partial charge in [-0.1, -0.05) is 12.1 Å². The van der Waals surface area contributed by atoms with Gasteiger partial charge in [-0.3, -0.25) is 9.48 Å². The fourth-order valence-corrected chi connectivity index (χ4v) is 5.81. The molecule has 8 heteroatoms. The number of benzene rings is 2. The van der Waals surface area contributed by atoms with E-state index in [0.29, 0.717) is 5.56 Å². The first-order chi connectivity index (χ1) is 19.3. The number of nitrogens with zero attached hydrogens (tertiary/aromatic N) is 5. The van der Waals surface area contributed by atoms with Crippen molar-refractivity contribution < 1.29 is 4.79 Å². The standard InChI is InChI=1S/C32H35N7O/c1-20-21(2)27(31(33)40)7-6-26(20)29-18-35-32-28(29)15-25(17-34-32)23-5-8-30(39-11-9-37(3)10-12-39)24(14-23)13-22-16-36-38(4)19-22/h5-8,14-19H,9-13H2,1-4H3,(H2,33,40)(H,34,35). The Bertz CT molecular complexity index is 1720. The van der Waals surface area contributed by atoms with Crippen molar-refractivity contribution in [2.24, 2.45) is 12.8 Å². The topological polar surface area (TPSA) is 96.1 Å².